The number of esters is 2. The molecule has 43 heavy (non-hydrogen) atoms. The van der Waals surface area contributed by atoms with Gasteiger partial charge in [-0.15, -0.1) is 0 Å². The number of rotatable bonds is 9. The predicted molar refractivity (Wildman–Crippen MR) is 158 cm³/mol. The summed E-state index contributed by atoms with van der Waals surface area (Å²) in [6.45, 7) is 6.13. The zero-order valence-corrected chi connectivity index (χ0v) is 24.1. The molecule has 0 N–H and O–H groups in total. The van der Waals surface area contributed by atoms with Gasteiger partial charge in [0.15, 0.2) is 12.4 Å². The highest BCUT2D eigenvalue weighted by Crippen LogP contribution is 2.30. The van der Waals surface area contributed by atoms with E-state index in [0.717, 1.165) is 0 Å². The van der Waals surface area contributed by atoms with Crippen LogP contribution in [0, 0.1) is 5.92 Å². The summed E-state index contributed by atoms with van der Waals surface area (Å²) < 4.78 is 21.4. The lowest BCUT2D eigenvalue weighted by Crippen LogP contribution is -2.27. The monoisotopic (exact) mass is 581 g/mol. The molecule has 1 fully saturated rings. The minimum atomic E-state index is -0.694. The van der Waals surface area contributed by atoms with E-state index in [-0.39, 0.29) is 41.4 Å². The Balaban J connectivity index is 1.10. The van der Waals surface area contributed by atoms with Crippen LogP contribution in [-0.4, -0.2) is 36.8 Å². The van der Waals surface area contributed by atoms with Crippen LogP contribution in [0.3, 0.4) is 0 Å². The Labute approximate surface area is 249 Å². The minimum absolute atomic E-state index is 0.0128. The molecule has 2 heterocycles. The van der Waals surface area contributed by atoms with Crippen LogP contribution in [0.4, 0.5) is 5.69 Å². The molecule has 9 nitrogen and oxygen atoms in total. The highest BCUT2D eigenvalue weighted by molar-refractivity contribution is 6.01. The van der Waals surface area contributed by atoms with E-state index in [9.17, 15) is 19.2 Å². The van der Waals surface area contributed by atoms with Gasteiger partial charge in [0.25, 0.3) is 0 Å². The van der Waals surface area contributed by atoms with Crippen LogP contribution in [-0.2, 0) is 19.7 Å². The maximum absolute atomic E-state index is 12.7. The van der Waals surface area contributed by atoms with E-state index in [4.69, 9.17) is 18.6 Å². The Morgan fingerprint density at radius 3 is 2.09 bits per heavy atom. The summed E-state index contributed by atoms with van der Waals surface area (Å²) in [6.07, 6.45) is 1.35. The molecule has 0 unspecified atom stereocenters. The summed E-state index contributed by atoms with van der Waals surface area (Å²) in [7, 11) is 0. The van der Waals surface area contributed by atoms with Gasteiger partial charge in [-0.25, -0.2) is 4.79 Å². The lowest BCUT2D eigenvalue weighted by molar-refractivity contribution is -0.147. The van der Waals surface area contributed by atoms with Crippen LogP contribution < -0.4 is 14.4 Å². The second-order valence-electron chi connectivity index (χ2n) is 11.2. The molecule has 4 aromatic rings. The van der Waals surface area contributed by atoms with Gasteiger partial charge in [0.1, 0.15) is 17.2 Å². The molecule has 1 amide bonds. The van der Waals surface area contributed by atoms with Crippen LogP contribution in [0.25, 0.3) is 0 Å². The normalized spacial score (nSPS) is 14.8. The van der Waals surface area contributed by atoms with Gasteiger partial charge in [-0.3, -0.25) is 14.4 Å². The fourth-order valence-corrected chi connectivity index (χ4v) is 4.57. The van der Waals surface area contributed by atoms with Crippen LogP contribution in [0.1, 0.15) is 53.7 Å². The van der Waals surface area contributed by atoms with Crippen molar-refractivity contribution in [1.82, 2.24) is 0 Å². The molecule has 9 heteroatoms. The van der Waals surface area contributed by atoms with Gasteiger partial charge < -0.3 is 23.5 Å². The topological polar surface area (TPSA) is 112 Å². The average molecular weight is 582 g/mol. The van der Waals surface area contributed by atoms with Crippen LogP contribution in [0.15, 0.2) is 95.6 Å². The third kappa shape index (κ3) is 7.19. The number of amides is 1. The number of carbonyl (C=O) groups is 4. The predicted octanol–water partition coefficient (Wildman–Crippen LogP) is 6.37. The third-order valence-electron chi connectivity index (χ3n) is 7.02. The number of ketones is 1. The molecule has 0 bridgehead atoms. The van der Waals surface area contributed by atoms with Crippen molar-refractivity contribution in [3.05, 3.63) is 108 Å². The number of anilines is 1. The molecule has 220 valence electrons. The second-order valence-corrected chi connectivity index (χ2v) is 11.2. The molecule has 1 saturated heterocycles. The number of hydrogen-bond donors (Lipinski definition) is 0. The lowest BCUT2D eigenvalue weighted by atomic mass is 9.87. The van der Waals surface area contributed by atoms with Gasteiger partial charge in [0.05, 0.1) is 12.2 Å². The smallest absolute Gasteiger partial charge is 0.379 e. The Bertz CT molecular complexity index is 1600. The highest BCUT2D eigenvalue weighted by atomic mass is 16.5. The molecule has 1 aromatic heterocycles. The van der Waals surface area contributed by atoms with Gasteiger partial charge in [-0.05, 0) is 83.8 Å². The molecule has 0 saturated carbocycles. The van der Waals surface area contributed by atoms with Crippen molar-refractivity contribution in [2.45, 2.75) is 32.6 Å². The lowest BCUT2D eigenvalue weighted by Gasteiger charge is -2.19. The number of benzene rings is 3. The fraction of sp³-hybridized carbons (Fsp3) is 0.235. The molecular formula is C34H31NO8. The summed E-state index contributed by atoms with van der Waals surface area (Å²) in [6, 6.07) is 23.9. The Kier molecular flexibility index (Phi) is 8.43. The van der Waals surface area contributed by atoms with Gasteiger partial charge >= 0.3 is 11.9 Å². The average Bonchev–Trinajstić information content (AvgIpc) is 3.67. The first-order valence-corrected chi connectivity index (χ1v) is 13.8. The molecular weight excluding hydrogens is 550 g/mol. The van der Waals surface area contributed by atoms with Crippen LogP contribution >= 0.6 is 0 Å². The first kappa shape index (κ1) is 29.3. The second kappa shape index (κ2) is 12.4. The standard InChI is InChI=1S/C34H31NO8/c1-34(2,3)24-8-14-26(15-9-24)42-27-16-10-25(11-17-27)35-20-23(19-31(35)37)32(38)41-21-29(36)22-6-12-28(13-7-22)43-33(39)30-5-4-18-40-30/h4-18,23H,19-21H2,1-3H3/t23-/m0/s1. The van der Waals surface area contributed by atoms with E-state index in [1.54, 1.807) is 30.3 Å². The van der Waals surface area contributed by atoms with Crippen LogP contribution in [0.5, 0.6) is 17.2 Å². The van der Waals surface area contributed by atoms with E-state index in [0.29, 0.717) is 17.2 Å². The summed E-state index contributed by atoms with van der Waals surface area (Å²) >= 11 is 0. The first-order valence-electron chi connectivity index (χ1n) is 13.8. The molecule has 0 aliphatic carbocycles. The van der Waals surface area contributed by atoms with Gasteiger partial charge in [0, 0.05) is 24.2 Å². The van der Waals surface area contributed by atoms with Crippen molar-refractivity contribution in [2.75, 3.05) is 18.1 Å². The first-order chi connectivity index (χ1) is 20.6. The SMILES string of the molecule is CC(C)(C)c1ccc(Oc2ccc(N3C[C@@H](C(=O)OCC(=O)c4ccc(OC(=O)c5ccco5)cc4)CC3=O)cc2)cc1. The molecule has 5 rings (SSSR count). The van der Waals surface area contributed by atoms with E-state index in [1.807, 2.05) is 24.3 Å². The summed E-state index contributed by atoms with van der Waals surface area (Å²) in [5.41, 5.74) is 2.18. The maximum Gasteiger partial charge on any atom is 0.379 e. The van der Waals surface area contributed by atoms with Crippen molar-refractivity contribution in [2.24, 2.45) is 5.92 Å². The van der Waals surface area contributed by atoms with E-state index in [1.165, 1.54) is 47.1 Å². The number of ether oxygens (including phenoxy) is 3. The van der Waals surface area contributed by atoms with Crippen molar-refractivity contribution >= 4 is 29.3 Å². The van der Waals surface area contributed by atoms with E-state index >= 15 is 0 Å². The Morgan fingerprint density at radius 1 is 0.860 bits per heavy atom. The van der Waals surface area contributed by atoms with Crippen LogP contribution in [0.2, 0.25) is 0 Å². The Morgan fingerprint density at radius 2 is 1.49 bits per heavy atom. The molecule has 1 aliphatic heterocycles. The van der Waals surface area contributed by atoms with Crippen molar-refractivity contribution in [3.63, 3.8) is 0 Å². The van der Waals surface area contributed by atoms with Gasteiger partial charge in [0.2, 0.25) is 11.7 Å². The molecule has 1 atom stereocenters. The highest BCUT2D eigenvalue weighted by Gasteiger charge is 2.36. The summed E-state index contributed by atoms with van der Waals surface area (Å²) in [5, 5.41) is 0. The van der Waals surface area contributed by atoms with E-state index < -0.39 is 30.2 Å². The van der Waals surface area contributed by atoms with E-state index in [2.05, 4.69) is 20.8 Å². The largest absolute Gasteiger partial charge is 0.457 e. The number of carbonyl (C=O) groups excluding carboxylic acids is 4. The zero-order valence-electron chi connectivity index (χ0n) is 24.1. The van der Waals surface area contributed by atoms with Crippen molar-refractivity contribution in [1.29, 1.82) is 0 Å². The summed E-state index contributed by atoms with van der Waals surface area (Å²) in [4.78, 5) is 51.5. The number of Topliss-reactive ketones (excluding diaryl/α,β-unsaturated/α-hetero) is 1. The molecule has 0 spiro atoms. The van der Waals surface area contributed by atoms with Crippen molar-refractivity contribution < 1.29 is 37.8 Å². The quantitative estimate of drug-likeness (QED) is 0.127. The molecule has 3 aromatic carbocycles. The third-order valence-corrected chi connectivity index (χ3v) is 7.02. The molecule has 1 aliphatic rings. The number of hydrogen-bond acceptors (Lipinski definition) is 8. The maximum atomic E-state index is 12.7. The van der Waals surface area contributed by atoms with Gasteiger partial charge in [-0.1, -0.05) is 32.9 Å². The fourth-order valence-electron chi connectivity index (χ4n) is 4.57. The molecule has 0 radical (unpaired) electrons. The number of furan rings is 1. The zero-order chi connectivity index (χ0) is 30.6. The summed E-state index contributed by atoms with van der Waals surface area (Å²) in [5.74, 6) is -0.996. The minimum Gasteiger partial charge on any atom is -0.457 e. The van der Waals surface area contributed by atoms with Gasteiger partial charge in [-0.2, -0.15) is 0 Å². The Hall–Kier alpha value is -5.18. The van der Waals surface area contributed by atoms with Crippen molar-refractivity contribution in [3.8, 4) is 17.2 Å². The number of nitrogens with zero attached hydrogens (tertiary/aromatic N) is 1.